The smallest absolute Gasteiger partial charge is 0.406 e. The van der Waals surface area contributed by atoms with Gasteiger partial charge in [-0.3, -0.25) is 10.1 Å². The molecule has 140 valence electrons. The molecule has 0 aromatic heterocycles. The van der Waals surface area contributed by atoms with Gasteiger partial charge in [-0.05, 0) is 42.7 Å². The van der Waals surface area contributed by atoms with Crippen molar-refractivity contribution >= 4 is 11.4 Å². The predicted molar refractivity (Wildman–Crippen MR) is 92.3 cm³/mol. The second-order valence-corrected chi connectivity index (χ2v) is 5.84. The van der Waals surface area contributed by atoms with Gasteiger partial charge in [-0.1, -0.05) is 19.1 Å². The number of nitro benzene ring substituents is 1. The van der Waals surface area contributed by atoms with Crippen LogP contribution >= 0.6 is 0 Å². The molecular formula is C18H19F3N2O3. The average Bonchev–Trinajstić information content (AvgIpc) is 2.53. The lowest BCUT2D eigenvalue weighted by molar-refractivity contribution is -0.384. The van der Waals surface area contributed by atoms with Crippen LogP contribution in [0.5, 0.6) is 5.75 Å². The van der Waals surface area contributed by atoms with E-state index >= 15 is 0 Å². The van der Waals surface area contributed by atoms with Crippen molar-refractivity contribution in [2.45, 2.75) is 33.2 Å². The van der Waals surface area contributed by atoms with E-state index in [2.05, 4.69) is 4.74 Å². The maximum Gasteiger partial charge on any atom is 0.573 e. The second-order valence-electron chi connectivity index (χ2n) is 5.84. The number of non-ortho nitro benzene ring substituents is 1. The summed E-state index contributed by atoms with van der Waals surface area (Å²) in [6.45, 7) is 4.77. The lowest BCUT2D eigenvalue weighted by atomic mass is 10.1. The lowest BCUT2D eigenvalue weighted by Gasteiger charge is -2.26. The van der Waals surface area contributed by atoms with Crippen LogP contribution in [0.2, 0.25) is 0 Å². The Labute approximate surface area is 149 Å². The maximum atomic E-state index is 12.4. The summed E-state index contributed by atoms with van der Waals surface area (Å²) in [7, 11) is 0. The van der Waals surface area contributed by atoms with E-state index in [1.807, 2.05) is 11.8 Å². The molecule has 0 atom stereocenters. The van der Waals surface area contributed by atoms with Gasteiger partial charge in [0.2, 0.25) is 0 Å². The van der Waals surface area contributed by atoms with Gasteiger partial charge in [0.25, 0.3) is 5.69 Å². The van der Waals surface area contributed by atoms with Crippen molar-refractivity contribution in [1.29, 1.82) is 0 Å². The number of hydrogen-bond donors (Lipinski definition) is 0. The fourth-order valence-corrected chi connectivity index (χ4v) is 2.72. The van der Waals surface area contributed by atoms with Crippen LogP contribution in [0.3, 0.4) is 0 Å². The molecule has 0 N–H and O–H groups in total. The molecule has 0 unspecified atom stereocenters. The van der Waals surface area contributed by atoms with E-state index in [1.165, 1.54) is 30.3 Å². The zero-order valence-corrected chi connectivity index (χ0v) is 14.4. The van der Waals surface area contributed by atoms with Gasteiger partial charge in [0.05, 0.1) is 4.92 Å². The minimum absolute atomic E-state index is 0.00303. The number of aryl methyl sites for hydroxylation is 1. The highest BCUT2D eigenvalue weighted by Crippen LogP contribution is 2.28. The highest BCUT2D eigenvalue weighted by atomic mass is 19.4. The number of hydrogen-bond acceptors (Lipinski definition) is 4. The summed E-state index contributed by atoms with van der Waals surface area (Å²) in [5.74, 6) is -0.271. The Morgan fingerprint density at radius 2 is 1.92 bits per heavy atom. The molecule has 0 aliphatic carbocycles. The zero-order valence-electron chi connectivity index (χ0n) is 14.4. The first-order chi connectivity index (χ1) is 12.2. The van der Waals surface area contributed by atoms with Crippen LogP contribution in [0, 0.1) is 17.0 Å². The van der Waals surface area contributed by atoms with Crippen molar-refractivity contribution in [2.24, 2.45) is 0 Å². The standard InChI is InChI=1S/C18H19F3N2O3/c1-3-9-22(17-8-7-15(23(24)25)10-13(17)2)12-14-5-4-6-16(11-14)26-18(19,20)21/h4-8,10-11H,3,9,12H2,1-2H3. The third-order valence-corrected chi connectivity index (χ3v) is 3.73. The first-order valence-corrected chi connectivity index (χ1v) is 8.04. The van der Waals surface area contributed by atoms with Crippen LogP contribution in [-0.2, 0) is 6.54 Å². The van der Waals surface area contributed by atoms with Gasteiger partial charge in [-0.25, -0.2) is 0 Å². The molecule has 26 heavy (non-hydrogen) atoms. The average molecular weight is 368 g/mol. The van der Waals surface area contributed by atoms with E-state index in [0.717, 1.165) is 17.7 Å². The molecule has 8 heteroatoms. The SMILES string of the molecule is CCCN(Cc1cccc(OC(F)(F)F)c1)c1ccc([N+](=O)[O-])cc1C. The van der Waals surface area contributed by atoms with Crippen molar-refractivity contribution < 1.29 is 22.8 Å². The quantitative estimate of drug-likeness (QED) is 0.497. The van der Waals surface area contributed by atoms with E-state index in [4.69, 9.17) is 0 Å². The fourth-order valence-electron chi connectivity index (χ4n) is 2.72. The Morgan fingerprint density at radius 1 is 1.19 bits per heavy atom. The van der Waals surface area contributed by atoms with Gasteiger partial charge in [0, 0.05) is 30.9 Å². The van der Waals surface area contributed by atoms with Gasteiger partial charge in [0.1, 0.15) is 5.75 Å². The molecule has 2 aromatic carbocycles. The van der Waals surface area contributed by atoms with Crippen LogP contribution in [0.25, 0.3) is 0 Å². The molecule has 2 aromatic rings. The molecule has 0 saturated heterocycles. The van der Waals surface area contributed by atoms with E-state index in [9.17, 15) is 23.3 Å². The van der Waals surface area contributed by atoms with E-state index in [-0.39, 0.29) is 11.4 Å². The largest absolute Gasteiger partial charge is 0.573 e. The molecular weight excluding hydrogens is 349 g/mol. The Hall–Kier alpha value is -2.77. The Kier molecular flexibility index (Phi) is 6.07. The first kappa shape index (κ1) is 19.6. The number of ether oxygens (including phenoxy) is 1. The third kappa shape index (κ3) is 5.37. The molecule has 0 radical (unpaired) electrons. The number of benzene rings is 2. The summed E-state index contributed by atoms with van der Waals surface area (Å²) in [5.41, 5.74) is 2.19. The molecule has 0 amide bonds. The highest BCUT2D eigenvalue weighted by Gasteiger charge is 2.31. The van der Waals surface area contributed by atoms with Crippen LogP contribution in [0.4, 0.5) is 24.5 Å². The second kappa shape index (κ2) is 8.07. The van der Waals surface area contributed by atoms with E-state index < -0.39 is 11.3 Å². The first-order valence-electron chi connectivity index (χ1n) is 8.04. The number of rotatable bonds is 7. The van der Waals surface area contributed by atoms with Crippen LogP contribution < -0.4 is 9.64 Å². The summed E-state index contributed by atoms with van der Waals surface area (Å²) >= 11 is 0. The van der Waals surface area contributed by atoms with Gasteiger partial charge in [0.15, 0.2) is 0 Å². The number of nitrogens with zero attached hydrogens (tertiary/aromatic N) is 2. The molecule has 0 fully saturated rings. The number of halogens is 3. The summed E-state index contributed by atoms with van der Waals surface area (Å²) < 4.78 is 41.1. The minimum Gasteiger partial charge on any atom is -0.406 e. The van der Waals surface area contributed by atoms with Crippen molar-refractivity contribution in [2.75, 3.05) is 11.4 Å². The number of anilines is 1. The van der Waals surface area contributed by atoms with Gasteiger partial charge < -0.3 is 9.64 Å². The zero-order chi connectivity index (χ0) is 19.3. The molecule has 0 bridgehead atoms. The predicted octanol–water partition coefficient (Wildman–Crippen LogP) is 5.22. The summed E-state index contributed by atoms with van der Waals surface area (Å²) in [6.07, 6.45) is -3.92. The van der Waals surface area contributed by atoms with Crippen molar-refractivity contribution in [3.05, 3.63) is 63.7 Å². The molecule has 0 aliphatic rings. The molecule has 0 saturated carbocycles. The summed E-state index contributed by atoms with van der Waals surface area (Å²) in [5, 5.41) is 10.9. The Morgan fingerprint density at radius 3 is 2.50 bits per heavy atom. The Balaban J connectivity index is 2.26. The topological polar surface area (TPSA) is 55.6 Å². The molecule has 5 nitrogen and oxygen atoms in total. The molecule has 0 heterocycles. The van der Waals surface area contributed by atoms with E-state index in [1.54, 1.807) is 19.1 Å². The van der Waals surface area contributed by atoms with Crippen LogP contribution in [0.1, 0.15) is 24.5 Å². The van der Waals surface area contributed by atoms with Crippen molar-refractivity contribution in [3.8, 4) is 5.75 Å². The normalized spacial score (nSPS) is 11.3. The molecule has 0 aliphatic heterocycles. The molecule has 2 rings (SSSR count). The van der Waals surface area contributed by atoms with Gasteiger partial charge >= 0.3 is 6.36 Å². The van der Waals surface area contributed by atoms with Gasteiger partial charge in [-0.2, -0.15) is 0 Å². The monoisotopic (exact) mass is 368 g/mol. The molecule has 0 spiro atoms. The maximum absolute atomic E-state index is 12.4. The fraction of sp³-hybridized carbons (Fsp3) is 0.333. The highest BCUT2D eigenvalue weighted by molar-refractivity contribution is 5.57. The minimum atomic E-state index is -4.74. The third-order valence-electron chi connectivity index (χ3n) is 3.73. The summed E-state index contributed by atoms with van der Waals surface area (Å²) in [6, 6.07) is 10.4. The number of nitro groups is 1. The van der Waals surface area contributed by atoms with Gasteiger partial charge in [-0.15, -0.1) is 13.2 Å². The van der Waals surface area contributed by atoms with Crippen molar-refractivity contribution in [1.82, 2.24) is 0 Å². The Bertz CT molecular complexity index is 779. The summed E-state index contributed by atoms with van der Waals surface area (Å²) in [4.78, 5) is 12.4. The van der Waals surface area contributed by atoms with Crippen molar-refractivity contribution in [3.63, 3.8) is 0 Å². The van der Waals surface area contributed by atoms with E-state index in [0.29, 0.717) is 18.7 Å². The van der Waals surface area contributed by atoms with Crippen LogP contribution in [0.15, 0.2) is 42.5 Å². The van der Waals surface area contributed by atoms with Crippen LogP contribution in [-0.4, -0.2) is 17.8 Å². The number of alkyl halides is 3. The lowest BCUT2D eigenvalue weighted by Crippen LogP contribution is -2.24.